The summed E-state index contributed by atoms with van der Waals surface area (Å²) >= 11 is 1.39. The molecule has 0 saturated heterocycles. The Morgan fingerprint density at radius 1 is 1.29 bits per heavy atom. The van der Waals surface area contributed by atoms with E-state index in [1.807, 2.05) is 0 Å². The molecule has 1 aromatic carbocycles. The molecular formula is C13H8F3N3OS. The van der Waals surface area contributed by atoms with Gasteiger partial charge in [0, 0.05) is 17.8 Å². The number of carbonyl (C=O) groups excluding carboxylic acids is 1. The molecule has 0 atom stereocenters. The van der Waals surface area contributed by atoms with Gasteiger partial charge in [0.1, 0.15) is 0 Å². The Bertz CT molecular complexity index is 827. The maximum atomic E-state index is 13.5. The van der Waals surface area contributed by atoms with Gasteiger partial charge in [-0.15, -0.1) is 11.3 Å². The molecule has 0 spiro atoms. The predicted octanol–water partition coefficient (Wildman–Crippen LogP) is 2.74. The zero-order valence-electron chi connectivity index (χ0n) is 10.4. The number of carbonyl (C=O) groups is 1. The van der Waals surface area contributed by atoms with Gasteiger partial charge in [0.25, 0.3) is 5.91 Å². The van der Waals surface area contributed by atoms with E-state index in [0.29, 0.717) is 6.07 Å². The van der Waals surface area contributed by atoms with Crippen LogP contribution in [-0.4, -0.2) is 15.3 Å². The lowest BCUT2D eigenvalue weighted by molar-refractivity contribution is 0.0945. The fourth-order valence-corrected chi connectivity index (χ4v) is 2.72. The number of nitrogens with one attached hydrogen (secondary N) is 1. The van der Waals surface area contributed by atoms with Crippen LogP contribution in [0.2, 0.25) is 0 Å². The van der Waals surface area contributed by atoms with Crippen molar-refractivity contribution in [3.05, 3.63) is 58.6 Å². The van der Waals surface area contributed by atoms with E-state index in [1.54, 1.807) is 22.2 Å². The first-order valence-corrected chi connectivity index (χ1v) is 6.77. The normalized spacial score (nSPS) is 11.0. The molecule has 8 heteroatoms. The van der Waals surface area contributed by atoms with Crippen LogP contribution in [0, 0.1) is 17.5 Å². The van der Waals surface area contributed by atoms with Gasteiger partial charge in [0.15, 0.2) is 22.4 Å². The minimum absolute atomic E-state index is 0.119. The lowest BCUT2D eigenvalue weighted by atomic mass is 10.2. The number of nitrogens with zero attached hydrogens (tertiary/aromatic N) is 2. The minimum Gasteiger partial charge on any atom is -0.346 e. The maximum absolute atomic E-state index is 13.5. The zero-order valence-corrected chi connectivity index (χ0v) is 11.3. The van der Waals surface area contributed by atoms with E-state index >= 15 is 0 Å². The summed E-state index contributed by atoms with van der Waals surface area (Å²) in [6.07, 6.45) is 3.34. The van der Waals surface area contributed by atoms with Crippen molar-refractivity contribution >= 4 is 22.2 Å². The summed E-state index contributed by atoms with van der Waals surface area (Å²) in [5.41, 5.74) is 0.217. The molecule has 0 fully saturated rings. The molecule has 0 unspecified atom stereocenters. The third-order valence-electron chi connectivity index (χ3n) is 2.93. The molecule has 3 aromatic rings. The molecule has 0 aliphatic heterocycles. The number of fused-ring (bicyclic) bond motifs is 1. The lowest BCUT2D eigenvalue weighted by Crippen LogP contribution is -2.25. The number of hydrogen-bond acceptors (Lipinski definition) is 3. The summed E-state index contributed by atoms with van der Waals surface area (Å²) in [6.45, 7) is 0.119. The van der Waals surface area contributed by atoms with Crippen molar-refractivity contribution in [2.24, 2.45) is 0 Å². The monoisotopic (exact) mass is 311 g/mol. The smallest absolute Gasteiger partial charge is 0.254 e. The van der Waals surface area contributed by atoms with E-state index in [1.165, 1.54) is 11.3 Å². The molecule has 0 saturated carbocycles. The lowest BCUT2D eigenvalue weighted by Gasteiger charge is -2.06. The fraction of sp³-hybridized carbons (Fsp3) is 0.0769. The second kappa shape index (κ2) is 5.21. The third-order valence-corrected chi connectivity index (χ3v) is 3.83. The Morgan fingerprint density at radius 2 is 2.10 bits per heavy atom. The number of rotatable bonds is 3. The van der Waals surface area contributed by atoms with Crippen molar-refractivity contribution in [2.45, 2.75) is 6.54 Å². The van der Waals surface area contributed by atoms with Crippen molar-refractivity contribution in [1.82, 2.24) is 14.7 Å². The average Bonchev–Trinajstić information content (AvgIpc) is 3.06. The first-order chi connectivity index (χ1) is 10.1. The van der Waals surface area contributed by atoms with Gasteiger partial charge >= 0.3 is 0 Å². The number of imidazole rings is 1. The van der Waals surface area contributed by atoms with Crippen LogP contribution in [0.4, 0.5) is 13.2 Å². The van der Waals surface area contributed by atoms with E-state index in [4.69, 9.17) is 0 Å². The standard InChI is InChI=1S/C13H8F3N3OS/c14-9-2-1-8(10(15)11(9)16)12(20)18-5-7-6-21-13-17-3-4-19(7)13/h1-4,6H,5H2,(H,18,20). The van der Waals surface area contributed by atoms with Crippen LogP contribution < -0.4 is 5.32 Å². The summed E-state index contributed by atoms with van der Waals surface area (Å²) in [4.78, 5) is 16.7. The molecule has 0 bridgehead atoms. The van der Waals surface area contributed by atoms with E-state index in [-0.39, 0.29) is 6.54 Å². The van der Waals surface area contributed by atoms with E-state index in [2.05, 4.69) is 10.3 Å². The van der Waals surface area contributed by atoms with Gasteiger partial charge in [-0.3, -0.25) is 9.20 Å². The fourth-order valence-electron chi connectivity index (χ4n) is 1.87. The van der Waals surface area contributed by atoms with Crippen molar-refractivity contribution in [1.29, 1.82) is 0 Å². The van der Waals surface area contributed by atoms with Crippen molar-refractivity contribution < 1.29 is 18.0 Å². The van der Waals surface area contributed by atoms with Crippen LogP contribution in [0.25, 0.3) is 4.96 Å². The molecule has 21 heavy (non-hydrogen) atoms. The highest BCUT2D eigenvalue weighted by Gasteiger charge is 2.18. The number of thiazole rings is 1. The molecule has 1 N–H and O–H groups in total. The van der Waals surface area contributed by atoms with Crippen molar-refractivity contribution in [3.63, 3.8) is 0 Å². The van der Waals surface area contributed by atoms with Crippen LogP contribution in [-0.2, 0) is 6.54 Å². The molecule has 0 aliphatic carbocycles. The number of hydrogen-bond donors (Lipinski definition) is 1. The van der Waals surface area contributed by atoms with Crippen LogP contribution in [0.15, 0.2) is 29.9 Å². The zero-order chi connectivity index (χ0) is 15.0. The number of benzene rings is 1. The SMILES string of the molecule is O=C(NCc1csc2nccn12)c1ccc(F)c(F)c1F. The Balaban J connectivity index is 1.78. The Morgan fingerprint density at radius 3 is 2.90 bits per heavy atom. The largest absolute Gasteiger partial charge is 0.346 e. The average molecular weight is 311 g/mol. The van der Waals surface area contributed by atoms with Crippen molar-refractivity contribution in [2.75, 3.05) is 0 Å². The minimum atomic E-state index is -1.66. The molecule has 108 valence electrons. The molecule has 2 heterocycles. The predicted molar refractivity (Wildman–Crippen MR) is 70.6 cm³/mol. The molecular weight excluding hydrogens is 303 g/mol. The van der Waals surface area contributed by atoms with Crippen LogP contribution >= 0.6 is 11.3 Å². The third kappa shape index (κ3) is 2.38. The van der Waals surface area contributed by atoms with Gasteiger partial charge in [-0.2, -0.15) is 0 Å². The van der Waals surface area contributed by atoms with Gasteiger partial charge in [-0.1, -0.05) is 0 Å². The molecule has 3 rings (SSSR count). The first-order valence-electron chi connectivity index (χ1n) is 5.89. The van der Waals surface area contributed by atoms with Crippen LogP contribution in [0.5, 0.6) is 0 Å². The quantitative estimate of drug-likeness (QED) is 0.756. The Hall–Kier alpha value is -2.35. The van der Waals surface area contributed by atoms with Gasteiger partial charge in [0.05, 0.1) is 17.8 Å². The molecule has 0 aliphatic rings. The first kappa shape index (κ1) is 13.6. The van der Waals surface area contributed by atoms with Crippen molar-refractivity contribution in [3.8, 4) is 0 Å². The highest BCUT2D eigenvalue weighted by molar-refractivity contribution is 7.15. The second-order valence-electron chi connectivity index (χ2n) is 4.21. The van der Waals surface area contributed by atoms with Crippen LogP contribution in [0.3, 0.4) is 0 Å². The summed E-state index contributed by atoms with van der Waals surface area (Å²) in [7, 11) is 0. The summed E-state index contributed by atoms with van der Waals surface area (Å²) in [5, 5.41) is 4.26. The molecule has 0 radical (unpaired) electrons. The highest BCUT2D eigenvalue weighted by atomic mass is 32.1. The number of aromatic nitrogens is 2. The van der Waals surface area contributed by atoms with Gasteiger partial charge in [-0.05, 0) is 12.1 Å². The molecule has 1 amide bonds. The van der Waals surface area contributed by atoms with Gasteiger partial charge in [-0.25, -0.2) is 18.2 Å². The van der Waals surface area contributed by atoms with Crippen LogP contribution in [0.1, 0.15) is 16.1 Å². The highest BCUT2D eigenvalue weighted by Crippen LogP contribution is 2.16. The Labute approximate surface area is 120 Å². The Kier molecular flexibility index (Phi) is 3.38. The van der Waals surface area contributed by atoms with Gasteiger partial charge < -0.3 is 5.32 Å². The summed E-state index contributed by atoms with van der Waals surface area (Å²) in [5.74, 6) is -5.30. The number of halogens is 3. The number of amides is 1. The molecule has 4 nitrogen and oxygen atoms in total. The summed E-state index contributed by atoms with van der Waals surface area (Å²) in [6, 6.07) is 1.62. The topological polar surface area (TPSA) is 46.4 Å². The van der Waals surface area contributed by atoms with E-state index in [9.17, 15) is 18.0 Å². The van der Waals surface area contributed by atoms with E-state index in [0.717, 1.165) is 16.7 Å². The second-order valence-corrected chi connectivity index (χ2v) is 5.05. The van der Waals surface area contributed by atoms with E-state index < -0.39 is 28.9 Å². The van der Waals surface area contributed by atoms with Gasteiger partial charge in [0.2, 0.25) is 0 Å². The summed E-state index contributed by atoms with van der Waals surface area (Å²) < 4.78 is 41.2. The molecule has 2 aromatic heterocycles. The maximum Gasteiger partial charge on any atom is 0.254 e.